The van der Waals surface area contributed by atoms with Gasteiger partial charge in [-0.3, -0.25) is 4.79 Å². The van der Waals surface area contributed by atoms with Crippen LogP contribution in [0.15, 0.2) is 51.7 Å². The van der Waals surface area contributed by atoms with Crippen molar-refractivity contribution in [2.24, 2.45) is 0 Å². The standard InChI is InChI=1S/C13H9O5PS/c14-13-9-3-1-2-4-11(9)17-12-6-5-8(7-10(12)13)18-19(15,16)20/h1-7H,(H2,15,16,20). The molecule has 0 amide bonds. The lowest BCUT2D eigenvalue weighted by Crippen LogP contribution is -2.02. The van der Waals surface area contributed by atoms with Crippen LogP contribution in [0, 0.1) is 0 Å². The first-order chi connectivity index (χ1) is 9.44. The number of benzene rings is 2. The second kappa shape index (κ2) is 4.68. The van der Waals surface area contributed by atoms with Gasteiger partial charge in [-0.25, -0.2) is 0 Å². The summed E-state index contributed by atoms with van der Waals surface area (Å²) in [5.41, 5.74) is 0.676. The Hall–Kier alpha value is -1.72. The van der Waals surface area contributed by atoms with E-state index in [-0.39, 0.29) is 11.2 Å². The molecule has 5 nitrogen and oxygen atoms in total. The molecule has 0 saturated carbocycles. The lowest BCUT2D eigenvalue weighted by Gasteiger charge is -2.10. The number of fused-ring (bicyclic) bond motifs is 2. The Morgan fingerprint density at radius 2 is 1.75 bits per heavy atom. The van der Waals surface area contributed by atoms with Crippen LogP contribution in [-0.4, -0.2) is 9.79 Å². The predicted molar refractivity (Wildman–Crippen MR) is 79.3 cm³/mol. The monoisotopic (exact) mass is 308 g/mol. The van der Waals surface area contributed by atoms with Crippen LogP contribution in [-0.2, 0) is 11.8 Å². The van der Waals surface area contributed by atoms with Crippen molar-refractivity contribution in [2.45, 2.75) is 0 Å². The molecule has 0 radical (unpaired) electrons. The van der Waals surface area contributed by atoms with Gasteiger partial charge in [-0.1, -0.05) is 12.1 Å². The van der Waals surface area contributed by atoms with Gasteiger partial charge in [0.1, 0.15) is 16.9 Å². The summed E-state index contributed by atoms with van der Waals surface area (Å²) in [6.07, 6.45) is 0. The minimum Gasteiger partial charge on any atom is -0.456 e. The molecule has 1 aromatic heterocycles. The molecule has 0 aliphatic heterocycles. The van der Waals surface area contributed by atoms with Gasteiger partial charge in [-0.2, -0.15) is 0 Å². The van der Waals surface area contributed by atoms with E-state index in [0.717, 1.165) is 0 Å². The Bertz CT molecular complexity index is 911. The van der Waals surface area contributed by atoms with E-state index >= 15 is 0 Å². The van der Waals surface area contributed by atoms with Crippen LogP contribution in [0.1, 0.15) is 0 Å². The van der Waals surface area contributed by atoms with Gasteiger partial charge in [-0.05, 0) is 30.3 Å². The molecule has 0 spiro atoms. The Kier molecular flexibility index (Phi) is 3.11. The topological polar surface area (TPSA) is 79.9 Å². The quantitative estimate of drug-likeness (QED) is 0.559. The largest absolute Gasteiger partial charge is 0.456 e. The maximum atomic E-state index is 12.3. The third-order valence-electron chi connectivity index (χ3n) is 2.77. The molecule has 0 unspecified atom stereocenters. The van der Waals surface area contributed by atoms with E-state index in [2.05, 4.69) is 11.8 Å². The summed E-state index contributed by atoms with van der Waals surface area (Å²) in [4.78, 5) is 30.6. The molecule has 7 heteroatoms. The van der Waals surface area contributed by atoms with Crippen molar-refractivity contribution in [3.8, 4) is 5.75 Å². The van der Waals surface area contributed by atoms with Crippen LogP contribution >= 0.6 is 6.72 Å². The van der Waals surface area contributed by atoms with Crippen LogP contribution in [0.4, 0.5) is 0 Å². The molecule has 0 fully saturated rings. The molecule has 0 saturated heterocycles. The molecule has 20 heavy (non-hydrogen) atoms. The van der Waals surface area contributed by atoms with Crippen molar-refractivity contribution in [1.82, 2.24) is 0 Å². The molecule has 0 bridgehead atoms. The minimum absolute atomic E-state index is 0.119. The maximum absolute atomic E-state index is 12.3. The Morgan fingerprint density at radius 3 is 2.50 bits per heavy atom. The van der Waals surface area contributed by atoms with Crippen LogP contribution < -0.4 is 9.95 Å². The van der Waals surface area contributed by atoms with E-state index in [1.165, 1.54) is 18.2 Å². The number of para-hydroxylation sites is 1. The summed E-state index contributed by atoms with van der Waals surface area (Å²) in [6, 6.07) is 11.3. The Labute approximate surface area is 118 Å². The summed E-state index contributed by atoms with van der Waals surface area (Å²) >= 11 is 4.40. The lowest BCUT2D eigenvalue weighted by atomic mass is 10.1. The highest BCUT2D eigenvalue weighted by molar-refractivity contribution is 8.06. The van der Waals surface area contributed by atoms with Crippen molar-refractivity contribution in [2.75, 3.05) is 0 Å². The summed E-state index contributed by atoms with van der Waals surface area (Å²) < 4.78 is 10.4. The highest BCUT2D eigenvalue weighted by Gasteiger charge is 2.13. The second-order valence-corrected chi connectivity index (χ2v) is 6.76. The van der Waals surface area contributed by atoms with Crippen LogP contribution in [0.3, 0.4) is 0 Å². The first-order valence-corrected chi connectivity index (χ1v) is 8.27. The number of hydrogen-bond donors (Lipinski definition) is 2. The first kappa shape index (κ1) is 13.3. The molecule has 2 aromatic carbocycles. The fourth-order valence-corrected chi connectivity index (χ4v) is 2.62. The molecular weight excluding hydrogens is 299 g/mol. The summed E-state index contributed by atoms with van der Waals surface area (Å²) in [7, 11) is 0. The SMILES string of the molecule is O=c1c2ccccc2oc2ccc(OP(O)(O)=S)cc12. The molecule has 3 aromatic rings. The zero-order valence-electron chi connectivity index (χ0n) is 10.0. The van der Waals surface area contributed by atoms with E-state index in [9.17, 15) is 4.79 Å². The van der Waals surface area contributed by atoms with E-state index in [0.29, 0.717) is 21.9 Å². The molecule has 0 atom stereocenters. The van der Waals surface area contributed by atoms with Gasteiger partial charge in [0.2, 0.25) is 5.43 Å². The Morgan fingerprint density at radius 1 is 1.05 bits per heavy atom. The fourth-order valence-electron chi connectivity index (χ4n) is 1.98. The zero-order chi connectivity index (χ0) is 14.3. The van der Waals surface area contributed by atoms with Gasteiger partial charge in [0.15, 0.2) is 0 Å². The minimum atomic E-state index is -3.83. The van der Waals surface area contributed by atoms with Crippen LogP contribution in [0.5, 0.6) is 5.75 Å². The van der Waals surface area contributed by atoms with E-state index in [1.54, 1.807) is 24.3 Å². The number of rotatable bonds is 2. The van der Waals surface area contributed by atoms with E-state index in [4.69, 9.17) is 18.7 Å². The third kappa shape index (κ3) is 2.46. The van der Waals surface area contributed by atoms with Gasteiger partial charge in [0.25, 0.3) is 0 Å². The average molecular weight is 308 g/mol. The third-order valence-corrected chi connectivity index (χ3v) is 3.44. The van der Waals surface area contributed by atoms with Gasteiger partial charge in [-0.15, -0.1) is 0 Å². The summed E-state index contributed by atoms with van der Waals surface area (Å²) in [5, 5.41) is 0.745. The molecule has 0 aliphatic carbocycles. The predicted octanol–water partition coefficient (Wildman–Crippen LogP) is 2.53. The smallest absolute Gasteiger partial charge is 0.375 e. The number of hydrogen-bond acceptors (Lipinski definition) is 4. The highest BCUT2D eigenvalue weighted by Crippen LogP contribution is 2.38. The van der Waals surface area contributed by atoms with Crippen molar-refractivity contribution in [3.05, 3.63) is 52.7 Å². The van der Waals surface area contributed by atoms with Crippen LogP contribution in [0.25, 0.3) is 21.9 Å². The summed E-state index contributed by atoms with van der Waals surface area (Å²) in [6.45, 7) is -3.83. The fraction of sp³-hybridized carbons (Fsp3) is 0. The van der Waals surface area contributed by atoms with Crippen molar-refractivity contribution in [1.29, 1.82) is 0 Å². The van der Waals surface area contributed by atoms with Crippen LogP contribution in [0.2, 0.25) is 0 Å². The van der Waals surface area contributed by atoms with Crippen molar-refractivity contribution >= 4 is 40.5 Å². The van der Waals surface area contributed by atoms with Gasteiger partial charge < -0.3 is 18.7 Å². The van der Waals surface area contributed by atoms with Gasteiger partial charge >= 0.3 is 6.72 Å². The van der Waals surface area contributed by atoms with Gasteiger partial charge in [0, 0.05) is 11.8 Å². The zero-order valence-corrected chi connectivity index (χ0v) is 11.7. The molecule has 102 valence electrons. The molecule has 1 heterocycles. The van der Waals surface area contributed by atoms with E-state index in [1.807, 2.05) is 0 Å². The molecule has 2 N–H and O–H groups in total. The van der Waals surface area contributed by atoms with Crippen molar-refractivity contribution < 1.29 is 18.7 Å². The first-order valence-electron chi connectivity index (χ1n) is 5.65. The lowest BCUT2D eigenvalue weighted by molar-refractivity contribution is 0.371. The molecule has 3 rings (SSSR count). The highest BCUT2D eigenvalue weighted by atomic mass is 32.5. The average Bonchev–Trinajstić information content (AvgIpc) is 2.38. The molecule has 0 aliphatic rings. The Balaban J connectivity index is 2.29. The molecular formula is C13H9O5PS. The maximum Gasteiger partial charge on any atom is 0.375 e. The normalized spacial score (nSPS) is 11.9. The second-order valence-electron chi connectivity index (χ2n) is 4.17. The van der Waals surface area contributed by atoms with Crippen molar-refractivity contribution in [3.63, 3.8) is 0 Å². The van der Waals surface area contributed by atoms with Gasteiger partial charge in [0.05, 0.1) is 10.8 Å². The van der Waals surface area contributed by atoms with E-state index < -0.39 is 6.72 Å². The summed E-state index contributed by atoms with van der Waals surface area (Å²) in [5.74, 6) is 0.119.